The van der Waals surface area contributed by atoms with Gasteiger partial charge in [0, 0.05) is 6.04 Å². The molecule has 1 aromatic rings. The largest absolute Gasteiger partial charge is 0.507 e. The highest BCUT2D eigenvalue weighted by Gasteiger charge is 2.65. The third-order valence-electron chi connectivity index (χ3n) is 5.24. The van der Waals surface area contributed by atoms with E-state index in [1.54, 1.807) is 0 Å². The normalized spacial score (nSPS) is 38.1. The van der Waals surface area contributed by atoms with E-state index in [2.05, 4.69) is 5.32 Å². The third kappa shape index (κ3) is 1.58. The number of benzene rings is 1. The number of rotatable bonds is 2. The van der Waals surface area contributed by atoms with Crippen LogP contribution in [0.5, 0.6) is 5.75 Å². The van der Waals surface area contributed by atoms with Crippen molar-refractivity contribution in [1.82, 2.24) is 5.32 Å². The molecule has 3 fully saturated rings. The summed E-state index contributed by atoms with van der Waals surface area (Å²) in [5.74, 6) is 1.82. The molecule has 0 radical (unpaired) electrons. The fourth-order valence-corrected chi connectivity index (χ4v) is 4.44. The molecule has 1 amide bonds. The molecule has 2 bridgehead atoms. The molecule has 0 heterocycles. The van der Waals surface area contributed by atoms with Crippen LogP contribution in [0.1, 0.15) is 29.6 Å². The maximum atomic E-state index is 13.1. The summed E-state index contributed by atoms with van der Waals surface area (Å²) in [5.41, 5.74) is 0.0392. The topological polar surface area (TPSA) is 49.3 Å². The van der Waals surface area contributed by atoms with E-state index in [9.17, 15) is 14.3 Å². The Balaban J connectivity index is 1.50. The summed E-state index contributed by atoms with van der Waals surface area (Å²) < 4.78 is 13.1. The first-order valence-corrected chi connectivity index (χ1v) is 6.94. The lowest BCUT2D eigenvalue weighted by molar-refractivity contribution is 0.0941. The number of hydrogen-bond acceptors (Lipinski definition) is 2. The highest BCUT2D eigenvalue weighted by molar-refractivity contribution is 5.97. The van der Waals surface area contributed by atoms with Crippen LogP contribution in [0.15, 0.2) is 18.2 Å². The zero-order valence-electron chi connectivity index (χ0n) is 10.5. The highest BCUT2D eigenvalue weighted by Crippen LogP contribution is 2.65. The van der Waals surface area contributed by atoms with Crippen molar-refractivity contribution in [2.75, 3.05) is 0 Å². The quantitative estimate of drug-likeness (QED) is 0.858. The van der Waals surface area contributed by atoms with Crippen molar-refractivity contribution in [2.45, 2.75) is 25.3 Å². The Kier molecular flexibility index (Phi) is 2.20. The van der Waals surface area contributed by atoms with Gasteiger partial charge in [-0.05, 0) is 61.1 Å². The SMILES string of the molecule is O=C(NC1C2C3CCC(C3)C12)c1cc(F)ccc1O. The molecule has 4 heteroatoms. The third-order valence-corrected chi connectivity index (χ3v) is 5.24. The summed E-state index contributed by atoms with van der Waals surface area (Å²) in [6.07, 6.45) is 3.92. The second-order valence-electron chi connectivity index (χ2n) is 6.15. The molecule has 3 aliphatic rings. The van der Waals surface area contributed by atoms with Crippen LogP contribution in [0.2, 0.25) is 0 Å². The minimum absolute atomic E-state index is 0.0392. The molecular weight excluding hydrogens is 245 g/mol. The summed E-state index contributed by atoms with van der Waals surface area (Å²) in [5, 5.41) is 12.6. The van der Waals surface area contributed by atoms with Crippen LogP contribution in [0.4, 0.5) is 4.39 Å². The summed E-state index contributed by atoms with van der Waals surface area (Å²) >= 11 is 0. The van der Waals surface area contributed by atoms with Gasteiger partial charge in [0.15, 0.2) is 0 Å². The van der Waals surface area contributed by atoms with Crippen molar-refractivity contribution in [2.24, 2.45) is 23.7 Å². The van der Waals surface area contributed by atoms with Crippen molar-refractivity contribution in [3.05, 3.63) is 29.6 Å². The average molecular weight is 261 g/mol. The average Bonchev–Trinajstić information content (AvgIpc) is 2.80. The Morgan fingerprint density at radius 1 is 1.26 bits per heavy atom. The number of carbonyl (C=O) groups is 1. The molecule has 19 heavy (non-hydrogen) atoms. The van der Waals surface area contributed by atoms with Gasteiger partial charge < -0.3 is 10.4 Å². The van der Waals surface area contributed by atoms with Crippen molar-refractivity contribution in [1.29, 1.82) is 0 Å². The van der Waals surface area contributed by atoms with Crippen molar-refractivity contribution in [3.8, 4) is 5.75 Å². The van der Waals surface area contributed by atoms with Gasteiger partial charge in [-0.15, -0.1) is 0 Å². The van der Waals surface area contributed by atoms with Crippen LogP contribution >= 0.6 is 0 Å². The molecule has 0 aromatic heterocycles. The summed E-state index contributed by atoms with van der Waals surface area (Å²) in [6.45, 7) is 0. The van der Waals surface area contributed by atoms with Crippen LogP contribution in [-0.2, 0) is 0 Å². The lowest BCUT2D eigenvalue weighted by Crippen LogP contribution is -2.30. The summed E-state index contributed by atoms with van der Waals surface area (Å²) in [4.78, 5) is 12.1. The molecule has 3 saturated carbocycles. The lowest BCUT2D eigenvalue weighted by atomic mass is 10.0. The minimum Gasteiger partial charge on any atom is -0.507 e. The Hall–Kier alpha value is -1.58. The van der Waals surface area contributed by atoms with Gasteiger partial charge in [0.25, 0.3) is 5.91 Å². The van der Waals surface area contributed by atoms with E-state index in [1.165, 1.54) is 25.3 Å². The first-order valence-electron chi connectivity index (χ1n) is 6.94. The van der Waals surface area contributed by atoms with E-state index in [0.717, 1.165) is 24.0 Å². The molecule has 3 nitrogen and oxygen atoms in total. The van der Waals surface area contributed by atoms with Crippen LogP contribution in [0.3, 0.4) is 0 Å². The molecule has 3 aliphatic carbocycles. The fourth-order valence-electron chi connectivity index (χ4n) is 4.44. The zero-order chi connectivity index (χ0) is 13.1. The predicted octanol–water partition coefficient (Wildman–Crippen LogP) is 2.31. The zero-order valence-corrected chi connectivity index (χ0v) is 10.5. The van der Waals surface area contributed by atoms with Gasteiger partial charge >= 0.3 is 0 Å². The van der Waals surface area contributed by atoms with Gasteiger partial charge in [-0.3, -0.25) is 4.79 Å². The monoisotopic (exact) mass is 261 g/mol. The van der Waals surface area contributed by atoms with Crippen LogP contribution in [-0.4, -0.2) is 17.1 Å². The van der Waals surface area contributed by atoms with Crippen molar-refractivity contribution in [3.63, 3.8) is 0 Å². The van der Waals surface area contributed by atoms with E-state index in [-0.39, 0.29) is 23.3 Å². The van der Waals surface area contributed by atoms with Crippen LogP contribution in [0, 0.1) is 29.5 Å². The van der Waals surface area contributed by atoms with Crippen molar-refractivity contribution < 1.29 is 14.3 Å². The number of fused-ring (bicyclic) bond motifs is 5. The van der Waals surface area contributed by atoms with Gasteiger partial charge in [0.2, 0.25) is 0 Å². The molecule has 0 aliphatic heterocycles. The molecule has 1 aromatic carbocycles. The van der Waals surface area contributed by atoms with E-state index in [4.69, 9.17) is 0 Å². The first kappa shape index (κ1) is 11.3. The second kappa shape index (κ2) is 3.71. The van der Waals surface area contributed by atoms with Gasteiger partial charge in [-0.1, -0.05) is 0 Å². The van der Waals surface area contributed by atoms with Gasteiger partial charge in [0.1, 0.15) is 11.6 Å². The number of halogens is 1. The van der Waals surface area contributed by atoms with Crippen LogP contribution < -0.4 is 5.32 Å². The Labute approximate surface area is 110 Å². The first-order chi connectivity index (χ1) is 9.15. The Bertz CT molecular complexity index is 543. The summed E-state index contributed by atoms with van der Waals surface area (Å²) in [7, 11) is 0. The Morgan fingerprint density at radius 3 is 2.63 bits per heavy atom. The number of nitrogens with one attached hydrogen (secondary N) is 1. The smallest absolute Gasteiger partial charge is 0.255 e. The maximum Gasteiger partial charge on any atom is 0.255 e. The van der Waals surface area contributed by atoms with E-state index in [0.29, 0.717) is 11.8 Å². The number of phenolic OH excluding ortho intramolecular Hbond substituents is 1. The van der Waals surface area contributed by atoms with E-state index in [1.807, 2.05) is 0 Å². The van der Waals surface area contributed by atoms with Gasteiger partial charge in [-0.2, -0.15) is 0 Å². The molecule has 4 rings (SSSR count). The number of hydrogen-bond donors (Lipinski definition) is 2. The lowest BCUT2D eigenvalue weighted by Gasteiger charge is -2.11. The van der Waals surface area contributed by atoms with Gasteiger partial charge in [0.05, 0.1) is 5.56 Å². The Morgan fingerprint density at radius 2 is 1.95 bits per heavy atom. The predicted molar refractivity (Wildman–Crippen MR) is 67.1 cm³/mol. The standard InChI is InChI=1S/C15H16FNO2/c16-9-3-4-11(18)10(6-9)15(19)17-14-12-7-1-2-8(5-7)13(12)14/h3-4,6-8,12-14,18H,1-2,5H2,(H,17,19). The molecule has 2 N–H and O–H groups in total. The minimum atomic E-state index is -0.501. The van der Waals surface area contributed by atoms with E-state index < -0.39 is 5.82 Å². The second-order valence-corrected chi connectivity index (χ2v) is 6.15. The highest BCUT2D eigenvalue weighted by atomic mass is 19.1. The molecule has 0 saturated heterocycles. The molecule has 4 atom stereocenters. The molecular formula is C15H16FNO2. The van der Waals surface area contributed by atoms with Gasteiger partial charge in [-0.25, -0.2) is 4.39 Å². The van der Waals surface area contributed by atoms with Crippen LogP contribution in [0.25, 0.3) is 0 Å². The maximum absolute atomic E-state index is 13.1. The number of carbonyl (C=O) groups excluding carboxylic acids is 1. The molecule has 100 valence electrons. The number of amides is 1. The molecule has 4 unspecified atom stereocenters. The number of aromatic hydroxyl groups is 1. The molecule has 0 spiro atoms. The van der Waals surface area contributed by atoms with Crippen molar-refractivity contribution >= 4 is 5.91 Å². The fraction of sp³-hybridized carbons (Fsp3) is 0.533. The van der Waals surface area contributed by atoms with E-state index >= 15 is 0 Å². The summed E-state index contributed by atoms with van der Waals surface area (Å²) in [6, 6.07) is 3.72. The number of phenols is 1.